The van der Waals surface area contributed by atoms with Gasteiger partial charge in [-0.3, -0.25) is 14.4 Å². The fourth-order valence-corrected chi connectivity index (χ4v) is 8.88. The summed E-state index contributed by atoms with van der Waals surface area (Å²) in [5.74, 6) is -4.55. The predicted molar refractivity (Wildman–Crippen MR) is 208 cm³/mol. The van der Waals surface area contributed by atoms with Gasteiger partial charge in [-0.1, -0.05) is 38.1 Å². The van der Waals surface area contributed by atoms with Crippen molar-refractivity contribution in [3.63, 3.8) is 0 Å². The van der Waals surface area contributed by atoms with E-state index in [0.29, 0.717) is 25.9 Å². The standard InChI is InChI=1S/C40H63N7O10/c1-12-30-40(8)33(47(38(52)57-40)41-18-15-19-46-28-17-14-13-16-27(28)43-44-46)26(6)42-35(50)22(2)21-39(7,53-11)34(24(4)31(48)25(5)36(51)55-30)56-37-32(49)29(45(9)10)20-23(3)54-37/h13-14,16-17,22-26,29-30,32-34,37,41,49H,12,15,18-21H2,1-11H3,(H,42,50)/t22-,23-,24+,25-,26?,29+,30-,32-,33-,34-,37+,39+,40-/m1/s1. The van der Waals surface area contributed by atoms with Gasteiger partial charge in [0.25, 0.3) is 0 Å². The smallest absolute Gasteiger partial charge is 0.425 e. The number of hydrogen-bond acceptors (Lipinski definition) is 14. The number of carbonyl (C=O) groups excluding carboxylic acids is 4. The van der Waals surface area contributed by atoms with Crippen LogP contribution in [0.15, 0.2) is 24.3 Å². The van der Waals surface area contributed by atoms with Gasteiger partial charge < -0.3 is 39.0 Å². The maximum absolute atomic E-state index is 14.3. The first-order chi connectivity index (χ1) is 26.9. The van der Waals surface area contributed by atoms with Crippen molar-refractivity contribution in [2.24, 2.45) is 17.8 Å². The first-order valence-corrected chi connectivity index (χ1v) is 20.2. The summed E-state index contributed by atoms with van der Waals surface area (Å²) >= 11 is 0. The number of aliphatic hydroxyl groups excluding tert-OH is 1. The minimum absolute atomic E-state index is 0.0898. The van der Waals surface area contributed by atoms with E-state index < -0.39 is 83.5 Å². The molecule has 2 amide bonds. The Hall–Kier alpha value is -3.74. The number of aliphatic hydroxyl groups is 1. The van der Waals surface area contributed by atoms with Gasteiger partial charge in [-0.05, 0) is 86.5 Å². The van der Waals surface area contributed by atoms with Crippen LogP contribution in [0.4, 0.5) is 4.79 Å². The third kappa shape index (κ3) is 9.13. The second-order valence-electron chi connectivity index (χ2n) is 16.7. The summed E-state index contributed by atoms with van der Waals surface area (Å²) in [7, 11) is 5.21. The van der Waals surface area contributed by atoms with Gasteiger partial charge in [-0.2, -0.15) is 0 Å². The number of Topliss-reactive ketones (excluding diaryl/α,β-unsaturated/α-hetero) is 1. The Bertz CT molecular complexity index is 1740. The number of nitrogens with zero attached hydrogens (tertiary/aromatic N) is 5. The van der Waals surface area contributed by atoms with Crippen LogP contribution in [-0.4, -0.2) is 142 Å². The van der Waals surface area contributed by atoms with Crippen LogP contribution in [0.5, 0.6) is 0 Å². The van der Waals surface area contributed by atoms with E-state index in [2.05, 4.69) is 21.1 Å². The van der Waals surface area contributed by atoms with E-state index in [-0.39, 0.29) is 30.9 Å². The number of esters is 1. The number of ether oxygens (including phenoxy) is 5. The van der Waals surface area contributed by atoms with Crippen LogP contribution in [-0.2, 0) is 44.6 Å². The van der Waals surface area contributed by atoms with Gasteiger partial charge in [-0.15, -0.1) is 5.10 Å². The lowest BCUT2D eigenvalue weighted by Crippen LogP contribution is -2.63. The fourth-order valence-electron chi connectivity index (χ4n) is 8.88. The number of likely N-dealkylation sites (N-methyl/N-ethyl adjacent to an activating group) is 1. The zero-order valence-electron chi connectivity index (χ0n) is 35.3. The summed E-state index contributed by atoms with van der Waals surface area (Å²) in [5, 5.41) is 24.3. The lowest BCUT2D eigenvalue weighted by atomic mass is 9.78. The van der Waals surface area contributed by atoms with Crippen LogP contribution in [0, 0.1) is 17.8 Å². The lowest BCUT2D eigenvalue weighted by molar-refractivity contribution is -0.295. The Morgan fingerprint density at radius 1 is 1.09 bits per heavy atom. The number of para-hydroxylation sites is 1. The normalized spacial score (nSPS) is 37.4. The molecule has 3 aliphatic rings. The molecule has 318 valence electrons. The van der Waals surface area contributed by atoms with Crippen molar-refractivity contribution in [1.82, 2.24) is 35.6 Å². The van der Waals surface area contributed by atoms with Crippen molar-refractivity contribution in [2.75, 3.05) is 27.7 Å². The van der Waals surface area contributed by atoms with Crippen molar-refractivity contribution >= 4 is 34.8 Å². The number of cyclic esters (lactones) is 1. The molecule has 3 N–H and O–H groups in total. The molecule has 57 heavy (non-hydrogen) atoms. The predicted octanol–water partition coefficient (Wildman–Crippen LogP) is 2.83. The maximum atomic E-state index is 14.3. The Balaban J connectivity index is 1.44. The Morgan fingerprint density at radius 2 is 1.79 bits per heavy atom. The van der Waals surface area contributed by atoms with Crippen molar-refractivity contribution in [1.29, 1.82) is 0 Å². The minimum Gasteiger partial charge on any atom is -0.457 e. The molecule has 4 heterocycles. The fraction of sp³-hybridized carbons (Fsp3) is 0.750. The molecule has 3 saturated heterocycles. The largest absolute Gasteiger partial charge is 0.457 e. The molecule has 1 aromatic carbocycles. The number of carbonyl (C=O) groups is 4. The Labute approximate surface area is 335 Å². The highest BCUT2D eigenvalue weighted by atomic mass is 16.7. The second kappa shape index (κ2) is 18.0. The molecule has 17 nitrogen and oxygen atoms in total. The van der Waals surface area contributed by atoms with E-state index in [0.717, 1.165) is 11.0 Å². The highest BCUT2D eigenvalue weighted by molar-refractivity contribution is 6.00. The quantitative estimate of drug-likeness (QED) is 0.180. The number of aryl methyl sites for hydroxylation is 1. The Kier molecular flexibility index (Phi) is 14.0. The zero-order valence-corrected chi connectivity index (χ0v) is 35.3. The molecule has 0 saturated carbocycles. The first-order valence-electron chi connectivity index (χ1n) is 20.2. The third-order valence-electron chi connectivity index (χ3n) is 12.2. The first kappa shape index (κ1) is 44.4. The van der Waals surface area contributed by atoms with Gasteiger partial charge in [0.05, 0.1) is 29.4 Å². The molecule has 1 unspecified atom stereocenters. The van der Waals surface area contributed by atoms with E-state index >= 15 is 0 Å². The van der Waals surface area contributed by atoms with E-state index in [9.17, 15) is 24.3 Å². The lowest BCUT2D eigenvalue weighted by Gasteiger charge is -2.46. The number of aromatic nitrogens is 3. The van der Waals surface area contributed by atoms with Gasteiger partial charge >= 0.3 is 12.1 Å². The van der Waals surface area contributed by atoms with E-state index in [4.69, 9.17) is 23.7 Å². The molecule has 3 fully saturated rings. The van der Waals surface area contributed by atoms with Gasteiger partial charge in [0.2, 0.25) is 5.91 Å². The highest BCUT2D eigenvalue weighted by Crippen LogP contribution is 2.39. The Morgan fingerprint density at radius 3 is 2.46 bits per heavy atom. The number of ketones is 1. The number of amides is 2. The number of rotatable bonds is 10. The summed E-state index contributed by atoms with van der Waals surface area (Å²) in [6, 6.07) is 5.80. The molecule has 0 bridgehead atoms. The van der Waals surface area contributed by atoms with E-state index in [1.54, 1.807) is 46.2 Å². The zero-order chi connectivity index (χ0) is 42.0. The molecule has 17 heteroatoms. The number of hydrogen-bond donors (Lipinski definition) is 3. The number of fused-ring (bicyclic) bond motifs is 2. The van der Waals surface area contributed by atoms with E-state index in [1.807, 2.05) is 50.2 Å². The molecule has 3 aliphatic heterocycles. The number of nitrogens with one attached hydrogen (secondary N) is 2. The van der Waals surface area contributed by atoms with Crippen LogP contribution in [0.3, 0.4) is 0 Å². The SMILES string of the molecule is CC[C@H]1OC(=O)[C@H](C)C(=O)[C@H](C)[C@@H](O[C@@H]2O[C@H](C)C[C@H](N(C)C)[C@H]2O)[C@@](C)(OC)C[C@@H](C)C(=O)NC(C)[C@H]2N(NCCCn3nnc4ccccc43)C(=O)O[C@]12C. The third-order valence-corrected chi connectivity index (χ3v) is 12.2. The molecule has 0 spiro atoms. The van der Waals surface area contributed by atoms with Crippen LogP contribution in [0.25, 0.3) is 11.0 Å². The van der Waals surface area contributed by atoms with Crippen LogP contribution in [0.1, 0.15) is 81.1 Å². The summed E-state index contributed by atoms with van der Waals surface area (Å²) in [6.07, 6.45) is -3.75. The molecular formula is C40H63N7O10. The molecule has 0 aliphatic carbocycles. The molecule has 0 radical (unpaired) electrons. The summed E-state index contributed by atoms with van der Waals surface area (Å²) in [6.45, 7) is 14.6. The van der Waals surface area contributed by atoms with Crippen molar-refractivity contribution in [3.05, 3.63) is 24.3 Å². The number of benzene rings is 1. The van der Waals surface area contributed by atoms with Gasteiger partial charge in [0.1, 0.15) is 29.7 Å². The van der Waals surface area contributed by atoms with Crippen LogP contribution in [0.2, 0.25) is 0 Å². The topological polar surface area (TPSA) is 196 Å². The van der Waals surface area contributed by atoms with Crippen LogP contribution < -0.4 is 10.7 Å². The van der Waals surface area contributed by atoms with Gasteiger partial charge in [0.15, 0.2) is 17.7 Å². The van der Waals surface area contributed by atoms with Gasteiger partial charge in [-0.25, -0.2) is 19.9 Å². The summed E-state index contributed by atoms with van der Waals surface area (Å²) in [4.78, 5) is 58.1. The molecule has 2 aromatic rings. The maximum Gasteiger partial charge on any atom is 0.425 e. The van der Waals surface area contributed by atoms with Crippen molar-refractivity contribution in [2.45, 2.75) is 148 Å². The molecule has 5 rings (SSSR count). The molecule has 13 atom stereocenters. The average Bonchev–Trinajstić information content (AvgIpc) is 3.70. The van der Waals surface area contributed by atoms with Gasteiger partial charge in [0, 0.05) is 38.1 Å². The number of hydrazine groups is 1. The van der Waals surface area contributed by atoms with Crippen LogP contribution >= 0.6 is 0 Å². The van der Waals surface area contributed by atoms with E-state index in [1.165, 1.54) is 19.0 Å². The summed E-state index contributed by atoms with van der Waals surface area (Å²) in [5.41, 5.74) is 2.15. The average molecular weight is 802 g/mol. The highest BCUT2D eigenvalue weighted by Gasteiger charge is 2.59. The second-order valence-corrected chi connectivity index (χ2v) is 16.7. The number of methoxy groups -OCH3 is 1. The molecular weight excluding hydrogens is 738 g/mol. The van der Waals surface area contributed by atoms with Crippen molar-refractivity contribution in [3.8, 4) is 0 Å². The molecule has 1 aromatic heterocycles. The minimum atomic E-state index is -1.44. The monoisotopic (exact) mass is 801 g/mol. The van der Waals surface area contributed by atoms with Crippen molar-refractivity contribution < 1.29 is 48.0 Å². The summed E-state index contributed by atoms with van der Waals surface area (Å²) < 4.78 is 32.8.